The van der Waals surface area contributed by atoms with Gasteiger partial charge in [-0.1, -0.05) is 54.1 Å². The van der Waals surface area contributed by atoms with E-state index in [1.54, 1.807) is 24.3 Å². The van der Waals surface area contributed by atoms with E-state index in [1.807, 2.05) is 30.3 Å². The van der Waals surface area contributed by atoms with Crippen LogP contribution in [-0.4, -0.2) is 27.5 Å². The highest BCUT2D eigenvalue weighted by atomic mass is 35.5. The number of hydrogen-bond acceptors (Lipinski definition) is 4. The number of para-hydroxylation sites is 1. The van der Waals surface area contributed by atoms with Crippen molar-refractivity contribution in [2.75, 3.05) is 11.9 Å². The van der Waals surface area contributed by atoms with Crippen molar-refractivity contribution < 1.29 is 14.0 Å². The molecule has 1 heterocycles. The van der Waals surface area contributed by atoms with Gasteiger partial charge in [0, 0.05) is 24.7 Å². The molecule has 3 aromatic carbocycles. The van der Waals surface area contributed by atoms with Gasteiger partial charge in [0.15, 0.2) is 0 Å². The Morgan fingerprint density at radius 1 is 0.905 bits per heavy atom. The van der Waals surface area contributed by atoms with E-state index in [2.05, 4.69) is 10.6 Å². The summed E-state index contributed by atoms with van der Waals surface area (Å²) < 4.78 is 16.0. The van der Waals surface area contributed by atoms with Gasteiger partial charge in [0.25, 0.3) is 5.56 Å². The van der Waals surface area contributed by atoms with Crippen LogP contribution >= 0.6 is 11.6 Å². The summed E-state index contributed by atoms with van der Waals surface area (Å²) in [6.07, 6.45) is 3.55. The van der Waals surface area contributed by atoms with E-state index in [0.717, 1.165) is 12.5 Å². The molecule has 2 amide bonds. The first-order valence-corrected chi connectivity index (χ1v) is 14.5. The molecule has 0 spiro atoms. The van der Waals surface area contributed by atoms with Gasteiger partial charge in [0.1, 0.15) is 12.4 Å². The van der Waals surface area contributed by atoms with Gasteiger partial charge in [-0.25, -0.2) is 9.18 Å². The van der Waals surface area contributed by atoms with Crippen LogP contribution in [0.4, 0.5) is 10.1 Å². The number of fused-ring (bicyclic) bond motifs is 1. The van der Waals surface area contributed by atoms with Gasteiger partial charge in [0.2, 0.25) is 11.8 Å². The predicted molar refractivity (Wildman–Crippen MR) is 161 cm³/mol. The van der Waals surface area contributed by atoms with Crippen LogP contribution in [0.5, 0.6) is 0 Å². The second-order valence-electron chi connectivity index (χ2n) is 10.7. The topological polar surface area (TPSA) is 102 Å². The number of benzene rings is 3. The van der Waals surface area contributed by atoms with E-state index >= 15 is 0 Å². The Labute approximate surface area is 247 Å². The zero-order chi connectivity index (χ0) is 29.6. The molecular weight excluding hydrogens is 559 g/mol. The molecule has 0 aliphatic heterocycles. The number of anilines is 1. The third-order valence-electron chi connectivity index (χ3n) is 7.85. The van der Waals surface area contributed by atoms with Crippen molar-refractivity contribution in [3.63, 3.8) is 0 Å². The van der Waals surface area contributed by atoms with Crippen molar-refractivity contribution in [2.45, 2.75) is 45.2 Å². The Kier molecular flexibility index (Phi) is 9.17. The van der Waals surface area contributed by atoms with Crippen LogP contribution in [-0.2, 0) is 29.1 Å². The van der Waals surface area contributed by atoms with Crippen LogP contribution < -0.4 is 21.9 Å². The summed E-state index contributed by atoms with van der Waals surface area (Å²) in [6, 6.07) is 20.5. The molecule has 0 atom stereocenters. The lowest BCUT2D eigenvalue weighted by Crippen LogP contribution is -2.43. The van der Waals surface area contributed by atoms with Crippen molar-refractivity contribution in [2.24, 2.45) is 11.8 Å². The predicted octanol–water partition coefficient (Wildman–Crippen LogP) is 4.76. The monoisotopic (exact) mass is 590 g/mol. The minimum atomic E-state index is -0.610. The Morgan fingerprint density at radius 3 is 2.36 bits per heavy atom. The van der Waals surface area contributed by atoms with Gasteiger partial charge >= 0.3 is 5.69 Å². The molecule has 218 valence electrons. The van der Waals surface area contributed by atoms with Crippen LogP contribution in [0.25, 0.3) is 10.9 Å². The number of nitrogens with one attached hydrogen (secondary N) is 2. The molecule has 0 saturated heterocycles. The van der Waals surface area contributed by atoms with Crippen molar-refractivity contribution in [1.29, 1.82) is 0 Å². The molecule has 1 saturated carbocycles. The summed E-state index contributed by atoms with van der Waals surface area (Å²) in [6.45, 7) is 0.446. The van der Waals surface area contributed by atoms with Crippen molar-refractivity contribution >= 4 is 40.0 Å². The highest BCUT2D eigenvalue weighted by Gasteiger charge is 2.27. The van der Waals surface area contributed by atoms with Crippen LogP contribution in [0.3, 0.4) is 0 Å². The maximum absolute atomic E-state index is 13.6. The number of halogens is 2. The van der Waals surface area contributed by atoms with E-state index in [9.17, 15) is 23.6 Å². The molecule has 1 aliphatic carbocycles. The number of carbonyl (C=O) groups excluding carboxylic acids is 2. The van der Waals surface area contributed by atoms with Crippen LogP contribution in [0, 0.1) is 17.7 Å². The molecule has 4 aromatic rings. The van der Waals surface area contributed by atoms with Gasteiger partial charge < -0.3 is 10.6 Å². The molecule has 8 nitrogen and oxygen atoms in total. The minimum absolute atomic E-state index is 0.0445. The second-order valence-corrected chi connectivity index (χ2v) is 11.1. The van der Waals surface area contributed by atoms with Crippen LogP contribution in [0.15, 0.2) is 82.4 Å². The summed E-state index contributed by atoms with van der Waals surface area (Å²) in [5.74, 6) is -1.13. The van der Waals surface area contributed by atoms with Gasteiger partial charge in [0.05, 0.1) is 15.9 Å². The van der Waals surface area contributed by atoms with Gasteiger partial charge in [-0.3, -0.25) is 23.5 Å². The molecule has 0 bridgehead atoms. The molecular formula is C32H32ClFN4O4. The Hall–Kier alpha value is -4.24. The maximum Gasteiger partial charge on any atom is 0.331 e. The SMILES string of the molecule is O=C(Cn1c(=O)n(CC2CCC(C(=O)NCCc3ccccc3)CC2)c(=O)c2ccccc21)Nc1ccc(F)c(Cl)c1. The van der Waals surface area contributed by atoms with Gasteiger partial charge in [-0.15, -0.1) is 0 Å². The van der Waals surface area contributed by atoms with Crippen molar-refractivity contribution in [3.05, 3.63) is 110 Å². The quantitative estimate of drug-likeness (QED) is 0.293. The summed E-state index contributed by atoms with van der Waals surface area (Å²) >= 11 is 5.82. The number of hydrogen-bond donors (Lipinski definition) is 2. The first kappa shape index (κ1) is 29.3. The first-order valence-electron chi connectivity index (χ1n) is 14.1. The van der Waals surface area contributed by atoms with Crippen molar-refractivity contribution in [1.82, 2.24) is 14.5 Å². The van der Waals surface area contributed by atoms with Crippen LogP contribution in [0.2, 0.25) is 5.02 Å². The number of aromatic nitrogens is 2. The number of rotatable bonds is 9. The molecule has 5 rings (SSSR count). The summed E-state index contributed by atoms with van der Waals surface area (Å²) in [7, 11) is 0. The highest BCUT2D eigenvalue weighted by molar-refractivity contribution is 6.31. The summed E-state index contributed by atoms with van der Waals surface area (Å²) in [4.78, 5) is 52.6. The molecule has 2 N–H and O–H groups in total. The van der Waals surface area contributed by atoms with E-state index in [4.69, 9.17) is 11.6 Å². The summed E-state index contributed by atoms with van der Waals surface area (Å²) in [5, 5.41) is 5.87. The molecule has 0 unspecified atom stereocenters. The smallest absolute Gasteiger partial charge is 0.331 e. The summed E-state index contributed by atoms with van der Waals surface area (Å²) in [5.41, 5.74) is 0.834. The van der Waals surface area contributed by atoms with E-state index in [1.165, 1.54) is 26.8 Å². The fourth-order valence-corrected chi connectivity index (χ4v) is 5.77. The zero-order valence-corrected chi connectivity index (χ0v) is 23.8. The third-order valence-corrected chi connectivity index (χ3v) is 8.14. The number of carbonyl (C=O) groups is 2. The van der Waals surface area contributed by atoms with Gasteiger partial charge in [-0.05, 0) is 73.9 Å². The standard InChI is InChI=1S/C32H32ClFN4O4/c33-26-18-24(14-15-27(26)34)36-29(39)20-37-28-9-5-4-8-25(28)31(41)38(32(37)42)19-22-10-12-23(13-11-22)30(40)35-17-16-21-6-2-1-3-7-21/h1-9,14-15,18,22-23H,10-13,16-17,19-20H2,(H,35,40)(H,36,39). The molecule has 1 aromatic heterocycles. The van der Waals surface area contributed by atoms with E-state index < -0.39 is 23.0 Å². The van der Waals surface area contributed by atoms with E-state index in [0.29, 0.717) is 43.1 Å². The molecule has 42 heavy (non-hydrogen) atoms. The molecule has 1 fully saturated rings. The fraction of sp³-hybridized carbons (Fsp3) is 0.312. The number of amides is 2. The zero-order valence-electron chi connectivity index (χ0n) is 23.0. The lowest BCUT2D eigenvalue weighted by molar-refractivity contribution is -0.126. The Balaban J connectivity index is 1.25. The normalized spacial score (nSPS) is 16.7. The average molecular weight is 591 g/mol. The lowest BCUT2D eigenvalue weighted by atomic mass is 9.81. The average Bonchev–Trinajstić information content (AvgIpc) is 3.00. The molecule has 0 radical (unpaired) electrons. The van der Waals surface area contributed by atoms with Crippen molar-refractivity contribution in [3.8, 4) is 0 Å². The Morgan fingerprint density at radius 2 is 1.62 bits per heavy atom. The maximum atomic E-state index is 13.6. The number of nitrogens with zero attached hydrogens (tertiary/aromatic N) is 2. The fourth-order valence-electron chi connectivity index (χ4n) is 5.59. The first-order chi connectivity index (χ1) is 20.3. The second kappa shape index (κ2) is 13.2. The van der Waals surface area contributed by atoms with Gasteiger partial charge in [-0.2, -0.15) is 0 Å². The largest absolute Gasteiger partial charge is 0.356 e. The van der Waals surface area contributed by atoms with E-state index in [-0.39, 0.29) is 41.5 Å². The minimum Gasteiger partial charge on any atom is -0.356 e. The molecule has 10 heteroatoms. The molecule has 1 aliphatic rings. The Bertz CT molecular complexity index is 1710. The highest BCUT2D eigenvalue weighted by Crippen LogP contribution is 2.29. The third kappa shape index (κ3) is 6.79. The van der Waals surface area contributed by atoms with Crippen LogP contribution in [0.1, 0.15) is 31.2 Å². The lowest BCUT2D eigenvalue weighted by Gasteiger charge is -2.28.